The lowest BCUT2D eigenvalue weighted by Gasteiger charge is -2.14. The number of rotatable bonds is 3. The number of carbonyl (C=O) groups is 1. The van der Waals surface area contributed by atoms with Gasteiger partial charge in [-0.05, 0) is 61.5 Å². The Kier molecular flexibility index (Phi) is 5.12. The number of carbonyl (C=O) groups excluding carboxylic acids is 1. The van der Waals surface area contributed by atoms with Crippen molar-refractivity contribution in [2.75, 3.05) is 17.7 Å². The zero-order chi connectivity index (χ0) is 16.1. The van der Waals surface area contributed by atoms with E-state index in [9.17, 15) is 4.79 Å². The first kappa shape index (κ1) is 16.0. The van der Waals surface area contributed by atoms with Gasteiger partial charge in [-0.15, -0.1) is 0 Å². The van der Waals surface area contributed by atoms with Crippen LogP contribution in [0, 0.1) is 13.8 Å². The molecule has 5 heteroatoms. The predicted molar refractivity (Wildman–Crippen MR) is 93.5 cm³/mol. The van der Waals surface area contributed by atoms with Gasteiger partial charge >= 0.3 is 5.97 Å². The molecule has 0 radical (unpaired) electrons. The summed E-state index contributed by atoms with van der Waals surface area (Å²) >= 11 is 5.32. The number of anilines is 2. The van der Waals surface area contributed by atoms with Gasteiger partial charge in [0.15, 0.2) is 5.11 Å². The molecule has 0 aliphatic heterocycles. The van der Waals surface area contributed by atoms with E-state index in [1.54, 1.807) is 18.2 Å². The molecule has 2 aromatic rings. The largest absolute Gasteiger partial charge is 0.465 e. The molecular weight excluding hydrogens is 296 g/mol. The first-order valence-corrected chi connectivity index (χ1v) is 7.24. The molecule has 0 unspecified atom stereocenters. The minimum atomic E-state index is -0.378. The van der Waals surface area contributed by atoms with E-state index < -0.39 is 0 Å². The van der Waals surface area contributed by atoms with E-state index in [1.807, 2.05) is 25.1 Å². The summed E-state index contributed by atoms with van der Waals surface area (Å²) in [4.78, 5) is 11.5. The summed E-state index contributed by atoms with van der Waals surface area (Å²) in [7, 11) is 1.36. The summed E-state index contributed by atoms with van der Waals surface area (Å²) in [5, 5.41) is 6.70. The number of benzene rings is 2. The Morgan fingerprint density at radius 3 is 2.55 bits per heavy atom. The van der Waals surface area contributed by atoms with Gasteiger partial charge < -0.3 is 15.4 Å². The van der Waals surface area contributed by atoms with E-state index in [1.165, 1.54) is 12.7 Å². The van der Waals surface area contributed by atoms with E-state index in [0.717, 1.165) is 16.9 Å². The van der Waals surface area contributed by atoms with Crippen molar-refractivity contribution in [1.82, 2.24) is 0 Å². The van der Waals surface area contributed by atoms with Crippen LogP contribution in [0.25, 0.3) is 0 Å². The van der Waals surface area contributed by atoms with Gasteiger partial charge in [0.1, 0.15) is 0 Å². The maximum absolute atomic E-state index is 11.5. The number of nitrogens with one attached hydrogen (secondary N) is 2. The van der Waals surface area contributed by atoms with Crippen LogP contribution in [-0.2, 0) is 4.74 Å². The van der Waals surface area contributed by atoms with Crippen LogP contribution in [0.5, 0.6) is 0 Å². The van der Waals surface area contributed by atoms with E-state index in [-0.39, 0.29) is 5.97 Å². The number of ether oxygens (including phenoxy) is 1. The molecule has 0 saturated heterocycles. The fourth-order valence-electron chi connectivity index (χ4n) is 2.01. The predicted octanol–water partition coefficient (Wildman–Crippen LogP) is 3.90. The lowest BCUT2D eigenvalue weighted by atomic mass is 10.1. The lowest BCUT2D eigenvalue weighted by Crippen LogP contribution is -2.20. The Hall–Kier alpha value is -2.40. The Morgan fingerprint density at radius 2 is 1.82 bits per heavy atom. The Bertz CT molecular complexity index is 714. The van der Waals surface area contributed by atoms with Crippen LogP contribution in [0.4, 0.5) is 11.4 Å². The maximum atomic E-state index is 11.5. The van der Waals surface area contributed by atoms with Gasteiger partial charge in [-0.2, -0.15) is 0 Å². The Labute approximate surface area is 135 Å². The smallest absolute Gasteiger partial charge is 0.337 e. The molecule has 2 aromatic carbocycles. The van der Waals surface area contributed by atoms with Gasteiger partial charge in [0, 0.05) is 11.4 Å². The van der Waals surface area contributed by atoms with Crippen molar-refractivity contribution in [2.24, 2.45) is 0 Å². The van der Waals surface area contributed by atoms with Crippen LogP contribution in [-0.4, -0.2) is 18.2 Å². The van der Waals surface area contributed by atoms with Gasteiger partial charge in [0.2, 0.25) is 0 Å². The van der Waals surface area contributed by atoms with Crippen LogP contribution >= 0.6 is 12.2 Å². The molecule has 0 aliphatic rings. The van der Waals surface area contributed by atoms with Crippen LogP contribution in [0.1, 0.15) is 21.5 Å². The van der Waals surface area contributed by atoms with Crippen molar-refractivity contribution in [1.29, 1.82) is 0 Å². The molecule has 0 aromatic heterocycles. The van der Waals surface area contributed by atoms with Crippen molar-refractivity contribution in [3.63, 3.8) is 0 Å². The summed E-state index contributed by atoms with van der Waals surface area (Å²) in [5.74, 6) is -0.378. The van der Waals surface area contributed by atoms with Crippen LogP contribution < -0.4 is 10.6 Å². The zero-order valence-corrected chi connectivity index (χ0v) is 13.6. The molecule has 0 heterocycles. The molecule has 0 atom stereocenters. The summed E-state index contributed by atoms with van der Waals surface area (Å²) < 4.78 is 4.71. The van der Waals surface area contributed by atoms with Gasteiger partial charge in [-0.1, -0.05) is 18.2 Å². The number of aryl methyl sites for hydroxylation is 1. The van der Waals surface area contributed by atoms with Gasteiger partial charge in [-0.3, -0.25) is 0 Å². The van der Waals surface area contributed by atoms with Crippen LogP contribution in [0.3, 0.4) is 0 Å². The fraction of sp³-hybridized carbons (Fsp3) is 0.176. The van der Waals surface area contributed by atoms with Gasteiger partial charge in [-0.25, -0.2) is 4.79 Å². The lowest BCUT2D eigenvalue weighted by molar-refractivity contribution is 0.0601. The monoisotopic (exact) mass is 314 g/mol. The van der Waals surface area contributed by atoms with Crippen molar-refractivity contribution in [2.45, 2.75) is 13.8 Å². The molecule has 0 bridgehead atoms. The SMILES string of the molecule is COC(=O)c1cccc(NC(=S)Nc2cccc(C)c2C)c1. The molecule has 0 amide bonds. The first-order valence-electron chi connectivity index (χ1n) is 6.84. The van der Waals surface area contributed by atoms with Crippen molar-refractivity contribution >= 4 is 34.7 Å². The van der Waals surface area contributed by atoms with Crippen LogP contribution in [0.2, 0.25) is 0 Å². The van der Waals surface area contributed by atoms with Gasteiger partial charge in [0.25, 0.3) is 0 Å². The first-order chi connectivity index (χ1) is 10.5. The van der Waals surface area contributed by atoms with E-state index in [2.05, 4.69) is 23.6 Å². The summed E-state index contributed by atoms with van der Waals surface area (Å²) in [5.41, 5.74) is 4.50. The maximum Gasteiger partial charge on any atom is 0.337 e. The molecule has 114 valence electrons. The molecule has 0 fully saturated rings. The van der Waals surface area contributed by atoms with Crippen molar-refractivity contribution in [3.8, 4) is 0 Å². The zero-order valence-electron chi connectivity index (χ0n) is 12.8. The van der Waals surface area contributed by atoms with Gasteiger partial charge in [0.05, 0.1) is 12.7 Å². The number of esters is 1. The third-order valence-corrected chi connectivity index (χ3v) is 3.60. The normalized spacial score (nSPS) is 9.95. The van der Waals surface area contributed by atoms with E-state index >= 15 is 0 Å². The Balaban J connectivity index is 2.09. The van der Waals surface area contributed by atoms with E-state index in [0.29, 0.717) is 10.7 Å². The molecule has 4 nitrogen and oxygen atoms in total. The fourth-order valence-corrected chi connectivity index (χ4v) is 2.24. The van der Waals surface area contributed by atoms with Crippen LogP contribution in [0.15, 0.2) is 42.5 Å². The number of hydrogen-bond donors (Lipinski definition) is 2. The second-order valence-electron chi connectivity index (χ2n) is 4.90. The molecule has 0 aliphatic carbocycles. The minimum Gasteiger partial charge on any atom is -0.465 e. The van der Waals surface area contributed by atoms with E-state index in [4.69, 9.17) is 17.0 Å². The number of thiocarbonyl (C=S) groups is 1. The molecule has 22 heavy (non-hydrogen) atoms. The number of hydrogen-bond acceptors (Lipinski definition) is 3. The highest BCUT2D eigenvalue weighted by Crippen LogP contribution is 2.19. The van der Waals surface area contributed by atoms with Crippen molar-refractivity contribution < 1.29 is 9.53 Å². The second-order valence-corrected chi connectivity index (χ2v) is 5.31. The molecule has 0 saturated carbocycles. The molecule has 2 N–H and O–H groups in total. The third kappa shape index (κ3) is 3.83. The minimum absolute atomic E-state index is 0.378. The number of methoxy groups -OCH3 is 1. The summed E-state index contributed by atoms with van der Waals surface area (Å²) in [6.45, 7) is 4.09. The molecular formula is C17H18N2O2S. The molecule has 0 spiro atoms. The highest BCUT2D eigenvalue weighted by atomic mass is 32.1. The highest BCUT2D eigenvalue weighted by Gasteiger charge is 2.07. The summed E-state index contributed by atoms with van der Waals surface area (Å²) in [6.07, 6.45) is 0. The molecule has 2 rings (SSSR count). The highest BCUT2D eigenvalue weighted by molar-refractivity contribution is 7.80. The quantitative estimate of drug-likeness (QED) is 0.665. The second kappa shape index (κ2) is 7.04. The third-order valence-electron chi connectivity index (χ3n) is 3.39. The van der Waals surface area contributed by atoms with Crippen molar-refractivity contribution in [3.05, 3.63) is 59.2 Å². The topological polar surface area (TPSA) is 50.4 Å². The summed E-state index contributed by atoms with van der Waals surface area (Å²) in [6, 6.07) is 13.0. The average Bonchev–Trinajstić information content (AvgIpc) is 2.51. The average molecular weight is 314 g/mol. The Morgan fingerprint density at radius 1 is 1.09 bits per heavy atom. The standard InChI is InChI=1S/C17H18N2O2S/c1-11-6-4-9-15(12(11)2)19-17(22)18-14-8-5-7-13(10-14)16(20)21-3/h4-10H,1-3H3,(H2,18,19,22).